The lowest BCUT2D eigenvalue weighted by atomic mass is 9.90. The number of benzene rings is 2. The van der Waals surface area contributed by atoms with Gasteiger partial charge in [-0.3, -0.25) is 9.69 Å². The Morgan fingerprint density at radius 3 is 2.62 bits per heavy atom. The molecule has 26 heavy (non-hydrogen) atoms. The Kier molecular flexibility index (Phi) is 5.07. The molecule has 0 bridgehead atoms. The molecule has 1 N–H and O–H groups in total. The van der Waals surface area contributed by atoms with Crippen LogP contribution in [0.15, 0.2) is 48.5 Å². The lowest BCUT2D eigenvalue weighted by Gasteiger charge is -2.31. The molecular weight excluding hydrogens is 328 g/mol. The zero-order valence-electron chi connectivity index (χ0n) is 14.8. The van der Waals surface area contributed by atoms with Crippen molar-refractivity contribution in [3.8, 4) is 11.5 Å². The van der Waals surface area contributed by atoms with Crippen molar-refractivity contribution in [3.05, 3.63) is 54.1 Å². The molecule has 2 aromatic rings. The number of piperidine rings is 1. The Morgan fingerprint density at radius 1 is 1.04 bits per heavy atom. The first-order chi connectivity index (χ1) is 12.8. The highest BCUT2D eigenvalue weighted by Gasteiger charge is 2.21. The number of likely N-dealkylation sites (tertiary alicyclic amines) is 1. The number of hydrogen-bond donors (Lipinski definition) is 1. The average molecular weight is 352 g/mol. The summed E-state index contributed by atoms with van der Waals surface area (Å²) in [5.41, 5.74) is 2.16. The molecule has 0 atom stereocenters. The number of hydrogen-bond acceptors (Lipinski definition) is 4. The summed E-state index contributed by atoms with van der Waals surface area (Å²) in [6.45, 7) is 2.63. The SMILES string of the molecule is O=C(CN1CCC(Cc2ccccc2)CC1)Nc1ccc2c(c1)OCO2. The molecular formula is C21H24N2O3. The van der Waals surface area contributed by atoms with Crippen molar-refractivity contribution in [2.75, 3.05) is 31.7 Å². The molecule has 0 aliphatic carbocycles. The van der Waals surface area contributed by atoms with Crippen LogP contribution in [0.3, 0.4) is 0 Å². The maximum Gasteiger partial charge on any atom is 0.238 e. The fourth-order valence-corrected chi connectivity index (χ4v) is 3.67. The quantitative estimate of drug-likeness (QED) is 0.897. The van der Waals surface area contributed by atoms with Crippen LogP contribution >= 0.6 is 0 Å². The van der Waals surface area contributed by atoms with E-state index in [1.54, 1.807) is 0 Å². The molecule has 0 spiro atoms. The van der Waals surface area contributed by atoms with Crippen LogP contribution in [0.1, 0.15) is 18.4 Å². The van der Waals surface area contributed by atoms with Gasteiger partial charge in [0, 0.05) is 11.8 Å². The van der Waals surface area contributed by atoms with Crippen molar-refractivity contribution in [2.24, 2.45) is 5.92 Å². The number of fused-ring (bicyclic) bond motifs is 1. The van der Waals surface area contributed by atoms with E-state index in [0.717, 1.165) is 43.8 Å². The molecule has 2 aromatic carbocycles. The first-order valence-corrected chi connectivity index (χ1v) is 9.22. The molecule has 2 aliphatic heterocycles. The largest absolute Gasteiger partial charge is 0.454 e. The van der Waals surface area contributed by atoms with Crippen molar-refractivity contribution in [1.29, 1.82) is 0 Å². The van der Waals surface area contributed by atoms with Gasteiger partial charge >= 0.3 is 0 Å². The monoisotopic (exact) mass is 352 g/mol. The second-order valence-electron chi connectivity index (χ2n) is 7.03. The summed E-state index contributed by atoms with van der Waals surface area (Å²) >= 11 is 0. The summed E-state index contributed by atoms with van der Waals surface area (Å²) in [6, 6.07) is 16.1. The molecule has 1 fully saturated rings. The van der Waals surface area contributed by atoms with E-state index in [-0.39, 0.29) is 12.7 Å². The number of nitrogens with one attached hydrogen (secondary N) is 1. The van der Waals surface area contributed by atoms with Crippen molar-refractivity contribution < 1.29 is 14.3 Å². The van der Waals surface area contributed by atoms with Gasteiger partial charge in [-0.1, -0.05) is 30.3 Å². The summed E-state index contributed by atoms with van der Waals surface area (Å²) in [6.07, 6.45) is 3.43. The summed E-state index contributed by atoms with van der Waals surface area (Å²) < 4.78 is 10.6. The molecule has 136 valence electrons. The predicted octanol–water partition coefficient (Wildman–Crippen LogP) is 3.31. The Morgan fingerprint density at radius 2 is 1.81 bits per heavy atom. The number of carbonyl (C=O) groups is 1. The van der Waals surface area contributed by atoms with E-state index in [9.17, 15) is 4.79 Å². The second-order valence-corrected chi connectivity index (χ2v) is 7.03. The molecule has 4 rings (SSSR count). The van der Waals surface area contributed by atoms with Gasteiger partial charge in [0.05, 0.1) is 6.54 Å². The highest BCUT2D eigenvalue weighted by atomic mass is 16.7. The van der Waals surface area contributed by atoms with Crippen LogP contribution in [-0.2, 0) is 11.2 Å². The molecule has 0 radical (unpaired) electrons. The van der Waals surface area contributed by atoms with E-state index < -0.39 is 0 Å². The summed E-state index contributed by atoms with van der Waals surface area (Å²) in [5, 5.41) is 2.95. The highest BCUT2D eigenvalue weighted by molar-refractivity contribution is 5.92. The Hall–Kier alpha value is -2.53. The maximum absolute atomic E-state index is 12.3. The number of amides is 1. The van der Waals surface area contributed by atoms with E-state index >= 15 is 0 Å². The van der Waals surface area contributed by atoms with Crippen LogP contribution in [0.5, 0.6) is 11.5 Å². The average Bonchev–Trinajstić information content (AvgIpc) is 3.12. The van der Waals surface area contributed by atoms with Crippen LogP contribution in [-0.4, -0.2) is 37.2 Å². The summed E-state index contributed by atoms with van der Waals surface area (Å²) in [7, 11) is 0. The fraction of sp³-hybridized carbons (Fsp3) is 0.381. The third-order valence-electron chi connectivity index (χ3n) is 5.10. The van der Waals surface area contributed by atoms with Gasteiger partial charge in [0.25, 0.3) is 0 Å². The summed E-state index contributed by atoms with van der Waals surface area (Å²) in [5.74, 6) is 2.14. The molecule has 2 aliphatic rings. The smallest absolute Gasteiger partial charge is 0.238 e. The van der Waals surface area contributed by atoms with E-state index in [2.05, 4.69) is 40.5 Å². The van der Waals surface area contributed by atoms with E-state index in [0.29, 0.717) is 18.2 Å². The van der Waals surface area contributed by atoms with Gasteiger partial charge in [-0.25, -0.2) is 0 Å². The van der Waals surface area contributed by atoms with Crippen molar-refractivity contribution in [1.82, 2.24) is 4.90 Å². The van der Waals surface area contributed by atoms with E-state index in [1.165, 1.54) is 5.56 Å². The third-order valence-corrected chi connectivity index (χ3v) is 5.10. The molecule has 5 nitrogen and oxygen atoms in total. The standard InChI is InChI=1S/C21H24N2O3/c24-21(22-18-6-7-19-20(13-18)26-15-25-19)14-23-10-8-17(9-11-23)12-16-4-2-1-3-5-16/h1-7,13,17H,8-12,14-15H2,(H,22,24). The Bertz CT molecular complexity index is 755. The number of nitrogens with zero attached hydrogens (tertiary/aromatic N) is 1. The van der Waals surface area contributed by atoms with Crippen molar-refractivity contribution in [2.45, 2.75) is 19.3 Å². The molecule has 2 heterocycles. The van der Waals surface area contributed by atoms with Crippen LogP contribution in [0, 0.1) is 5.92 Å². The van der Waals surface area contributed by atoms with E-state index in [1.807, 2.05) is 18.2 Å². The van der Waals surface area contributed by atoms with Gasteiger partial charge in [0.15, 0.2) is 11.5 Å². The maximum atomic E-state index is 12.3. The van der Waals surface area contributed by atoms with E-state index in [4.69, 9.17) is 9.47 Å². The van der Waals surface area contributed by atoms with Crippen LogP contribution in [0.25, 0.3) is 0 Å². The fourth-order valence-electron chi connectivity index (χ4n) is 3.67. The minimum absolute atomic E-state index is 0.0189. The van der Waals surface area contributed by atoms with Gasteiger partial charge in [-0.15, -0.1) is 0 Å². The number of carbonyl (C=O) groups excluding carboxylic acids is 1. The zero-order chi connectivity index (χ0) is 17.8. The van der Waals surface area contributed by atoms with Gasteiger partial charge in [-0.05, 0) is 56.0 Å². The zero-order valence-corrected chi connectivity index (χ0v) is 14.8. The van der Waals surface area contributed by atoms with Gasteiger partial charge in [0.1, 0.15) is 0 Å². The van der Waals surface area contributed by atoms with Gasteiger partial charge in [0.2, 0.25) is 12.7 Å². The number of rotatable bonds is 5. The lowest BCUT2D eigenvalue weighted by Crippen LogP contribution is -2.39. The van der Waals surface area contributed by atoms with Crippen LogP contribution in [0.4, 0.5) is 5.69 Å². The first kappa shape index (κ1) is 16.9. The lowest BCUT2D eigenvalue weighted by molar-refractivity contribution is -0.117. The Balaban J connectivity index is 1.23. The predicted molar refractivity (Wildman–Crippen MR) is 101 cm³/mol. The Labute approximate surface area is 153 Å². The normalized spacial score (nSPS) is 17.2. The van der Waals surface area contributed by atoms with Crippen molar-refractivity contribution >= 4 is 11.6 Å². The molecule has 5 heteroatoms. The van der Waals surface area contributed by atoms with Crippen LogP contribution in [0.2, 0.25) is 0 Å². The van der Waals surface area contributed by atoms with Crippen LogP contribution < -0.4 is 14.8 Å². The van der Waals surface area contributed by atoms with Gasteiger partial charge in [-0.2, -0.15) is 0 Å². The molecule has 0 saturated carbocycles. The number of anilines is 1. The molecule has 0 unspecified atom stereocenters. The molecule has 0 aromatic heterocycles. The molecule has 1 saturated heterocycles. The molecule has 1 amide bonds. The minimum Gasteiger partial charge on any atom is -0.454 e. The second kappa shape index (κ2) is 7.79. The van der Waals surface area contributed by atoms with Gasteiger partial charge < -0.3 is 14.8 Å². The third kappa shape index (κ3) is 4.17. The first-order valence-electron chi connectivity index (χ1n) is 9.22. The minimum atomic E-state index is 0.0189. The number of ether oxygens (including phenoxy) is 2. The topological polar surface area (TPSA) is 50.8 Å². The highest BCUT2D eigenvalue weighted by Crippen LogP contribution is 2.34. The van der Waals surface area contributed by atoms with Crippen molar-refractivity contribution in [3.63, 3.8) is 0 Å². The summed E-state index contributed by atoms with van der Waals surface area (Å²) in [4.78, 5) is 14.6.